The lowest BCUT2D eigenvalue weighted by molar-refractivity contribution is 0.0263. The maximum absolute atomic E-state index is 5.73. The van der Waals surface area contributed by atoms with E-state index in [1.807, 2.05) is 7.05 Å². The molecule has 2 saturated heterocycles. The maximum Gasteiger partial charge on any atom is 0.193 e. The van der Waals surface area contributed by atoms with E-state index >= 15 is 0 Å². The summed E-state index contributed by atoms with van der Waals surface area (Å²) in [4.78, 5) is 9.47. The van der Waals surface area contributed by atoms with E-state index in [2.05, 4.69) is 34.0 Å². The second-order valence-electron chi connectivity index (χ2n) is 7.04. The Hall–Kier alpha value is -0.0800. The number of rotatable bonds is 6. The lowest BCUT2D eigenvalue weighted by atomic mass is 10.1. The lowest BCUT2D eigenvalue weighted by Gasteiger charge is -2.35. The average Bonchev–Trinajstić information content (AvgIpc) is 2.58. The number of ether oxygens (including phenoxy) is 1. The van der Waals surface area contributed by atoms with Crippen LogP contribution in [0.3, 0.4) is 0 Å². The lowest BCUT2D eigenvalue weighted by Crippen LogP contribution is -2.48. The molecule has 0 aliphatic carbocycles. The molecular weight excluding hydrogens is 415 g/mol. The minimum atomic E-state index is 0. The second kappa shape index (κ2) is 12.3. The van der Waals surface area contributed by atoms with Crippen molar-refractivity contribution in [2.75, 3.05) is 52.9 Å². The van der Waals surface area contributed by atoms with Gasteiger partial charge in [0.1, 0.15) is 0 Å². The molecule has 0 amide bonds. The fourth-order valence-electron chi connectivity index (χ4n) is 3.72. The molecule has 0 aromatic heterocycles. The molecule has 0 radical (unpaired) electrons. The summed E-state index contributed by atoms with van der Waals surface area (Å²) in [6, 6.07) is 0. The molecule has 24 heavy (non-hydrogen) atoms. The largest absolute Gasteiger partial charge is 0.378 e. The summed E-state index contributed by atoms with van der Waals surface area (Å²) >= 11 is 0. The van der Waals surface area contributed by atoms with Crippen molar-refractivity contribution in [2.24, 2.45) is 10.9 Å². The van der Waals surface area contributed by atoms with Crippen LogP contribution in [0.25, 0.3) is 0 Å². The summed E-state index contributed by atoms with van der Waals surface area (Å²) in [5.74, 6) is 1.72. The highest BCUT2D eigenvalue weighted by molar-refractivity contribution is 14.0. The van der Waals surface area contributed by atoms with Gasteiger partial charge in [-0.1, -0.05) is 13.3 Å². The van der Waals surface area contributed by atoms with Crippen molar-refractivity contribution < 1.29 is 4.74 Å². The van der Waals surface area contributed by atoms with Gasteiger partial charge >= 0.3 is 0 Å². The molecule has 0 aromatic carbocycles. The van der Waals surface area contributed by atoms with E-state index in [0.29, 0.717) is 12.0 Å². The van der Waals surface area contributed by atoms with Crippen LogP contribution in [0.4, 0.5) is 0 Å². The Morgan fingerprint density at radius 3 is 2.42 bits per heavy atom. The molecule has 6 heteroatoms. The molecule has 2 aliphatic rings. The zero-order valence-corrected chi connectivity index (χ0v) is 18.1. The molecule has 0 spiro atoms. The number of nitrogens with one attached hydrogen (secondary N) is 1. The maximum atomic E-state index is 5.73. The van der Waals surface area contributed by atoms with Gasteiger partial charge in [0, 0.05) is 39.8 Å². The van der Waals surface area contributed by atoms with Crippen LogP contribution in [-0.2, 0) is 4.74 Å². The van der Waals surface area contributed by atoms with Crippen LogP contribution < -0.4 is 5.32 Å². The minimum Gasteiger partial charge on any atom is -0.378 e. The Balaban J connectivity index is 0.00000288. The Bertz CT molecular complexity index is 353. The van der Waals surface area contributed by atoms with E-state index < -0.39 is 0 Å². The third kappa shape index (κ3) is 7.44. The summed E-state index contributed by atoms with van der Waals surface area (Å²) in [5.41, 5.74) is 0. The van der Waals surface area contributed by atoms with Crippen LogP contribution in [0, 0.1) is 5.92 Å². The highest BCUT2D eigenvalue weighted by Gasteiger charge is 2.22. The summed E-state index contributed by atoms with van der Waals surface area (Å²) < 4.78 is 5.73. The Morgan fingerprint density at radius 2 is 1.83 bits per heavy atom. The molecule has 2 heterocycles. The van der Waals surface area contributed by atoms with E-state index in [4.69, 9.17) is 4.74 Å². The average molecular weight is 452 g/mol. The van der Waals surface area contributed by atoms with Crippen LogP contribution >= 0.6 is 24.0 Å². The molecule has 142 valence electrons. The molecule has 1 atom stereocenters. The number of aliphatic imine (C=N–C) groups is 1. The summed E-state index contributed by atoms with van der Waals surface area (Å²) in [5, 5.41) is 3.58. The first-order valence-corrected chi connectivity index (χ1v) is 9.52. The van der Waals surface area contributed by atoms with E-state index in [1.165, 1.54) is 38.9 Å². The van der Waals surface area contributed by atoms with Gasteiger partial charge in [-0.2, -0.15) is 0 Å². The summed E-state index contributed by atoms with van der Waals surface area (Å²) in [6.07, 6.45) is 6.81. The third-order valence-corrected chi connectivity index (χ3v) is 4.98. The first-order chi connectivity index (χ1) is 11.2. The molecule has 2 fully saturated rings. The number of halogens is 1. The van der Waals surface area contributed by atoms with E-state index in [0.717, 1.165) is 45.0 Å². The van der Waals surface area contributed by atoms with Crippen molar-refractivity contribution in [1.82, 2.24) is 15.1 Å². The zero-order valence-electron chi connectivity index (χ0n) is 15.8. The number of nitrogens with zero attached hydrogens (tertiary/aromatic N) is 3. The van der Waals surface area contributed by atoms with Crippen molar-refractivity contribution >= 4 is 29.9 Å². The van der Waals surface area contributed by atoms with Gasteiger partial charge in [0.05, 0.1) is 6.10 Å². The van der Waals surface area contributed by atoms with Gasteiger partial charge in [0.2, 0.25) is 0 Å². The first-order valence-electron chi connectivity index (χ1n) is 9.52. The molecule has 0 aromatic rings. The molecule has 2 aliphatic heterocycles. The standard InChI is InChI=1S/C18H36N4O.HI/c1-4-23-17-8-12-22(13-9-17)18(19-3)20-14-16(2)15-21-10-6-5-7-11-21;/h16-17H,4-15H2,1-3H3,(H,19,20);1H. The van der Waals surface area contributed by atoms with Crippen molar-refractivity contribution in [3.05, 3.63) is 0 Å². The van der Waals surface area contributed by atoms with Gasteiger partial charge in [-0.05, 0) is 51.6 Å². The minimum absolute atomic E-state index is 0. The Morgan fingerprint density at radius 1 is 1.17 bits per heavy atom. The topological polar surface area (TPSA) is 40.1 Å². The number of guanidine groups is 1. The quantitative estimate of drug-likeness (QED) is 0.382. The van der Waals surface area contributed by atoms with Crippen LogP contribution in [0.15, 0.2) is 4.99 Å². The molecule has 1 N–H and O–H groups in total. The van der Waals surface area contributed by atoms with E-state index in [1.54, 1.807) is 0 Å². The van der Waals surface area contributed by atoms with Gasteiger partial charge in [0.15, 0.2) is 5.96 Å². The molecule has 2 rings (SSSR count). The van der Waals surface area contributed by atoms with Crippen molar-refractivity contribution in [3.63, 3.8) is 0 Å². The SMILES string of the molecule is CCOC1CCN(C(=NC)NCC(C)CN2CCCCC2)CC1.I. The molecule has 5 nitrogen and oxygen atoms in total. The zero-order chi connectivity index (χ0) is 16.5. The molecule has 0 bridgehead atoms. The monoisotopic (exact) mass is 452 g/mol. The van der Waals surface area contributed by atoms with Gasteiger partial charge in [0.25, 0.3) is 0 Å². The van der Waals surface area contributed by atoms with Crippen molar-refractivity contribution in [2.45, 2.75) is 52.1 Å². The fourth-order valence-corrected chi connectivity index (χ4v) is 3.72. The van der Waals surface area contributed by atoms with E-state index in [-0.39, 0.29) is 24.0 Å². The molecular formula is C18H37IN4O. The van der Waals surface area contributed by atoms with Crippen LogP contribution in [0.1, 0.15) is 46.0 Å². The van der Waals surface area contributed by atoms with Crippen molar-refractivity contribution in [3.8, 4) is 0 Å². The van der Waals surface area contributed by atoms with E-state index in [9.17, 15) is 0 Å². The predicted octanol–water partition coefficient (Wildman–Crippen LogP) is 2.80. The van der Waals surface area contributed by atoms with Gasteiger partial charge in [-0.25, -0.2) is 0 Å². The number of piperidine rings is 2. The number of likely N-dealkylation sites (tertiary alicyclic amines) is 2. The Kier molecular flexibility index (Phi) is 11.3. The number of hydrogen-bond acceptors (Lipinski definition) is 3. The van der Waals surface area contributed by atoms with Crippen LogP contribution in [-0.4, -0.2) is 74.8 Å². The Labute approximate surface area is 165 Å². The fraction of sp³-hybridized carbons (Fsp3) is 0.944. The highest BCUT2D eigenvalue weighted by Crippen LogP contribution is 2.14. The predicted molar refractivity (Wildman–Crippen MR) is 112 cm³/mol. The molecule has 1 unspecified atom stereocenters. The van der Waals surface area contributed by atoms with Crippen molar-refractivity contribution in [1.29, 1.82) is 0 Å². The van der Waals surface area contributed by atoms with Gasteiger partial charge in [-0.15, -0.1) is 24.0 Å². The molecule has 0 saturated carbocycles. The first kappa shape index (κ1) is 22.0. The number of hydrogen-bond donors (Lipinski definition) is 1. The van der Waals surface area contributed by atoms with Gasteiger partial charge in [-0.3, -0.25) is 4.99 Å². The second-order valence-corrected chi connectivity index (χ2v) is 7.04. The summed E-state index contributed by atoms with van der Waals surface area (Å²) in [6.45, 7) is 12.1. The normalized spacial score (nSPS) is 22.1. The van der Waals surface area contributed by atoms with Crippen LogP contribution in [0.5, 0.6) is 0 Å². The smallest absolute Gasteiger partial charge is 0.193 e. The highest BCUT2D eigenvalue weighted by atomic mass is 127. The third-order valence-electron chi connectivity index (χ3n) is 4.98. The summed E-state index contributed by atoms with van der Waals surface area (Å²) in [7, 11) is 1.90. The van der Waals surface area contributed by atoms with Crippen LogP contribution in [0.2, 0.25) is 0 Å². The van der Waals surface area contributed by atoms with Gasteiger partial charge < -0.3 is 19.9 Å².